The molecule has 2 heteroatoms. The molecule has 0 aliphatic heterocycles. The molecule has 0 spiro atoms. The Morgan fingerprint density at radius 2 is 1.80 bits per heavy atom. The summed E-state index contributed by atoms with van der Waals surface area (Å²) in [6, 6.07) is 11.3. The minimum atomic E-state index is 0.418. The summed E-state index contributed by atoms with van der Waals surface area (Å²) in [6.45, 7) is 2.17. The molecule has 0 radical (unpaired) electrons. The molecule has 1 N–H and O–H groups in total. The zero-order valence-corrected chi connectivity index (χ0v) is 9.84. The lowest BCUT2D eigenvalue weighted by molar-refractivity contribution is 0.652. The highest BCUT2D eigenvalue weighted by Crippen LogP contribution is 2.23. The second kappa shape index (κ2) is 4.60. The monoisotopic (exact) mass is 217 g/mol. The van der Waals surface area contributed by atoms with E-state index in [1.54, 1.807) is 11.3 Å². The number of benzene rings is 1. The zero-order chi connectivity index (χ0) is 10.7. The molecule has 1 aromatic heterocycles. The summed E-state index contributed by atoms with van der Waals surface area (Å²) < 4.78 is 0. The summed E-state index contributed by atoms with van der Waals surface area (Å²) in [5.74, 6) is 0. The lowest BCUT2D eigenvalue weighted by Crippen LogP contribution is -2.11. The van der Waals surface area contributed by atoms with Gasteiger partial charge in [-0.05, 0) is 47.5 Å². The van der Waals surface area contributed by atoms with Crippen molar-refractivity contribution in [3.63, 3.8) is 0 Å². The second-order valence-corrected chi connectivity index (χ2v) is 4.42. The fourth-order valence-electron chi connectivity index (χ4n) is 1.56. The van der Waals surface area contributed by atoms with Crippen LogP contribution in [-0.2, 0) is 0 Å². The Balaban J connectivity index is 2.25. The predicted molar refractivity (Wildman–Crippen MR) is 67.2 cm³/mol. The van der Waals surface area contributed by atoms with Crippen LogP contribution in [0.2, 0.25) is 0 Å². The van der Waals surface area contributed by atoms with Gasteiger partial charge in [-0.15, -0.1) is 0 Å². The number of nitrogens with one attached hydrogen (secondary N) is 1. The van der Waals surface area contributed by atoms with Gasteiger partial charge in [0.2, 0.25) is 0 Å². The average Bonchev–Trinajstić information content (AvgIpc) is 2.82. The quantitative estimate of drug-likeness (QED) is 0.826. The summed E-state index contributed by atoms with van der Waals surface area (Å²) in [4.78, 5) is 0. The van der Waals surface area contributed by atoms with Crippen molar-refractivity contribution in [1.29, 1.82) is 0 Å². The third-order valence-corrected chi connectivity index (χ3v) is 3.38. The molecule has 0 amide bonds. The zero-order valence-electron chi connectivity index (χ0n) is 9.03. The maximum Gasteiger partial charge on any atom is 0.0289 e. The normalized spacial score (nSPS) is 12.7. The van der Waals surface area contributed by atoms with E-state index >= 15 is 0 Å². The van der Waals surface area contributed by atoms with Crippen LogP contribution in [0.25, 0.3) is 11.1 Å². The van der Waals surface area contributed by atoms with Crippen LogP contribution >= 0.6 is 11.3 Å². The molecule has 0 aliphatic rings. The summed E-state index contributed by atoms with van der Waals surface area (Å²) in [7, 11) is 1.98. The highest BCUT2D eigenvalue weighted by Gasteiger charge is 2.02. The Morgan fingerprint density at radius 3 is 2.33 bits per heavy atom. The van der Waals surface area contributed by atoms with Gasteiger partial charge in [0.15, 0.2) is 0 Å². The maximum absolute atomic E-state index is 3.24. The number of thiophene rings is 1. The molecule has 15 heavy (non-hydrogen) atoms. The van der Waals surface area contributed by atoms with Gasteiger partial charge in [0, 0.05) is 6.04 Å². The fraction of sp³-hybridized carbons (Fsp3) is 0.231. The molecule has 2 aromatic rings. The lowest BCUT2D eigenvalue weighted by atomic mass is 10.0. The lowest BCUT2D eigenvalue weighted by Gasteiger charge is -2.10. The topological polar surface area (TPSA) is 12.0 Å². The molecule has 1 unspecified atom stereocenters. The minimum Gasteiger partial charge on any atom is -0.313 e. The van der Waals surface area contributed by atoms with Gasteiger partial charge in [-0.3, -0.25) is 0 Å². The molecule has 0 saturated heterocycles. The van der Waals surface area contributed by atoms with Crippen molar-refractivity contribution in [2.75, 3.05) is 7.05 Å². The first-order chi connectivity index (χ1) is 7.31. The molecule has 1 heterocycles. The van der Waals surface area contributed by atoms with Gasteiger partial charge in [0.05, 0.1) is 0 Å². The van der Waals surface area contributed by atoms with Crippen molar-refractivity contribution < 1.29 is 0 Å². The largest absolute Gasteiger partial charge is 0.313 e. The molecule has 1 nitrogen and oxygen atoms in total. The van der Waals surface area contributed by atoms with E-state index < -0.39 is 0 Å². The van der Waals surface area contributed by atoms with Crippen molar-refractivity contribution in [2.45, 2.75) is 13.0 Å². The summed E-state index contributed by atoms with van der Waals surface area (Å²) >= 11 is 1.74. The first-order valence-electron chi connectivity index (χ1n) is 5.11. The molecular weight excluding hydrogens is 202 g/mol. The van der Waals surface area contributed by atoms with Gasteiger partial charge in [-0.2, -0.15) is 11.3 Å². The van der Waals surface area contributed by atoms with Crippen molar-refractivity contribution >= 4 is 11.3 Å². The molecule has 0 fully saturated rings. The molecule has 0 bridgehead atoms. The average molecular weight is 217 g/mol. The van der Waals surface area contributed by atoms with Gasteiger partial charge >= 0.3 is 0 Å². The number of hydrogen-bond acceptors (Lipinski definition) is 2. The SMILES string of the molecule is CNC(C)c1ccc(-c2ccsc2)cc1. The standard InChI is InChI=1S/C13H15NS/c1-10(14-2)11-3-5-12(6-4-11)13-7-8-15-9-13/h3-10,14H,1-2H3. The summed E-state index contributed by atoms with van der Waals surface area (Å²) in [6.07, 6.45) is 0. The van der Waals surface area contributed by atoms with Crippen LogP contribution in [0.15, 0.2) is 41.1 Å². The molecule has 2 rings (SSSR count). The Hall–Kier alpha value is -1.12. The second-order valence-electron chi connectivity index (χ2n) is 3.64. The van der Waals surface area contributed by atoms with Crippen molar-refractivity contribution in [1.82, 2.24) is 5.32 Å². The number of rotatable bonds is 3. The highest BCUT2D eigenvalue weighted by atomic mass is 32.1. The van der Waals surface area contributed by atoms with Gasteiger partial charge < -0.3 is 5.32 Å². The fourth-order valence-corrected chi connectivity index (χ4v) is 2.22. The van der Waals surface area contributed by atoms with Crippen LogP contribution < -0.4 is 5.32 Å². The van der Waals surface area contributed by atoms with Crippen LogP contribution in [0.5, 0.6) is 0 Å². The van der Waals surface area contributed by atoms with Gasteiger partial charge in [-0.25, -0.2) is 0 Å². The van der Waals surface area contributed by atoms with Crippen LogP contribution in [0, 0.1) is 0 Å². The maximum atomic E-state index is 3.24. The van der Waals surface area contributed by atoms with E-state index in [-0.39, 0.29) is 0 Å². The van der Waals surface area contributed by atoms with Crippen LogP contribution in [-0.4, -0.2) is 7.05 Å². The van der Waals surface area contributed by atoms with Crippen LogP contribution in [0.1, 0.15) is 18.5 Å². The van der Waals surface area contributed by atoms with E-state index in [1.807, 2.05) is 7.05 Å². The molecule has 0 saturated carbocycles. The Kier molecular flexibility index (Phi) is 3.19. The van der Waals surface area contributed by atoms with E-state index in [0.717, 1.165) is 0 Å². The van der Waals surface area contributed by atoms with E-state index in [9.17, 15) is 0 Å². The third-order valence-electron chi connectivity index (χ3n) is 2.70. The Labute approximate surface area is 94.8 Å². The van der Waals surface area contributed by atoms with Gasteiger partial charge in [-0.1, -0.05) is 24.3 Å². The van der Waals surface area contributed by atoms with E-state index in [0.29, 0.717) is 6.04 Å². The van der Waals surface area contributed by atoms with Crippen LogP contribution in [0.4, 0.5) is 0 Å². The highest BCUT2D eigenvalue weighted by molar-refractivity contribution is 7.08. The molecule has 1 atom stereocenters. The molecular formula is C13H15NS. The Bertz CT molecular complexity index is 403. The van der Waals surface area contributed by atoms with Crippen LogP contribution in [0.3, 0.4) is 0 Å². The number of hydrogen-bond donors (Lipinski definition) is 1. The molecule has 1 aromatic carbocycles. The van der Waals surface area contributed by atoms with Crippen molar-refractivity contribution in [3.05, 3.63) is 46.7 Å². The molecule has 78 valence electrons. The van der Waals surface area contributed by atoms with E-state index in [1.165, 1.54) is 16.7 Å². The predicted octanol–water partition coefficient (Wildman–Crippen LogP) is 3.70. The summed E-state index contributed by atoms with van der Waals surface area (Å²) in [5.41, 5.74) is 3.93. The van der Waals surface area contributed by atoms with E-state index in [2.05, 4.69) is 53.3 Å². The van der Waals surface area contributed by atoms with E-state index in [4.69, 9.17) is 0 Å². The van der Waals surface area contributed by atoms with Crippen molar-refractivity contribution in [2.24, 2.45) is 0 Å². The van der Waals surface area contributed by atoms with Gasteiger partial charge in [0.1, 0.15) is 0 Å². The first kappa shape index (κ1) is 10.4. The first-order valence-corrected chi connectivity index (χ1v) is 6.05. The third kappa shape index (κ3) is 2.28. The Morgan fingerprint density at radius 1 is 1.07 bits per heavy atom. The molecule has 0 aliphatic carbocycles. The van der Waals surface area contributed by atoms with Crippen molar-refractivity contribution in [3.8, 4) is 11.1 Å². The van der Waals surface area contributed by atoms with Gasteiger partial charge in [0.25, 0.3) is 0 Å². The smallest absolute Gasteiger partial charge is 0.0289 e. The summed E-state index contributed by atoms with van der Waals surface area (Å²) in [5, 5.41) is 7.53. The minimum absolute atomic E-state index is 0.418.